The minimum Gasteiger partial charge on any atom is -0.398 e. The predicted octanol–water partition coefficient (Wildman–Crippen LogP) is 2.46. The SMILES string of the molecule is CC(=O)c1cc(N2CCCC2C)ccc1N. The van der Waals surface area contributed by atoms with E-state index in [0.29, 0.717) is 17.3 Å². The summed E-state index contributed by atoms with van der Waals surface area (Å²) < 4.78 is 0. The van der Waals surface area contributed by atoms with Crippen LogP contribution in [0.3, 0.4) is 0 Å². The van der Waals surface area contributed by atoms with E-state index in [0.717, 1.165) is 12.2 Å². The van der Waals surface area contributed by atoms with Crippen molar-refractivity contribution >= 4 is 17.2 Å². The number of ketones is 1. The van der Waals surface area contributed by atoms with Crippen molar-refractivity contribution in [3.8, 4) is 0 Å². The van der Waals surface area contributed by atoms with Gasteiger partial charge >= 0.3 is 0 Å². The van der Waals surface area contributed by atoms with Crippen molar-refractivity contribution in [3.05, 3.63) is 23.8 Å². The van der Waals surface area contributed by atoms with Crippen LogP contribution in [0, 0.1) is 0 Å². The third-order valence-corrected chi connectivity index (χ3v) is 3.30. The molecule has 1 fully saturated rings. The second-order valence-corrected chi connectivity index (χ2v) is 4.51. The average molecular weight is 218 g/mol. The molecule has 1 aliphatic heterocycles. The van der Waals surface area contributed by atoms with Crippen molar-refractivity contribution in [1.82, 2.24) is 0 Å². The van der Waals surface area contributed by atoms with Gasteiger partial charge in [0, 0.05) is 29.5 Å². The topological polar surface area (TPSA) is 46.3 Å². The van der Waals surface area contributed by atoms with Gasteiger partial charge in [-0.3, -0.25) is 4.79 Å². The van der Waals surface area contributed by atoms with Gasteiger partial charge in [0.05, 0.1) is 0 Å². The molecule has 2 N–H and O–H groups in total. The highest BCUT2D eigenvalue weighted by Gasteiger charge is 2.21. The molecule has 1 aromatic rings. The maximum Gasteiger partial charge on any atom is 0.161 e. The van der Waals surface area contributed by atoms with Crippen molar-refractivity contribution in [2.45, 2.75) is 32.7 Å². The van der Waals surface area contributed by atoms with Crippen LogP contribution in [0.1, 0.15) is 37.0 Å². The largest absolute Gasteiger partial charge is 0.398 e. The molecule has 0 aliphatic carbocycles. The number of carbonyl (C=O) groups excluding carboxylic acids is 1. The lowest BCUT2D eigenvalue weighted by Gasteiger charge is -2.24. The normalized spacial score (nSPS) is 20.1. The minimum absolute atomic E-state index is 0.0335. The molecule has 0 spiro atoms. The first-order chi connectivity index (χ1) is 7.59. The molecular weight excluding hydrogens is 200 g/mol. The molecule has 1 heterocycles. The summed E-state index contributed by atoms with van der Waals surface area (Å²) in [7, 11) is 0. The summed E-state index contributed by atoms with van der Waals surface area (Å²) in [6.45, 7) is 4.85. The number of Topliss-reactive ketones (excluding diaryl/α,β-unsaturated/α-hetero) is 1. The van der Waals surface area contributed by atoms with E-state index >= 15 is 0 Å². The third kappa shape index (κ3) is 1.90. The molecule has 1 saturated heterocycles. The van der Waals surface area contributed by atoms with Crippen LogP contribution in [0.15, 0.2) is 18.2 Å². The van der Waals surface area contributed by atoms with Gasteiger partial charge in [0.2, 0.25) is 0 Å². The Bertz CT molecular complexity index is 414. The van der Waals surface area contributed by atoms with Crippen LogP contribution in [0.5, 0.6) is 0 Å². The third-order valence-electron chi connectivity index (χ3n) is 3.30. The first-order valence-electron chi connectivity index (χ1n) is 5.76. The molecule has 1 unspecified atom stereocenters. The summed E-state index contributed by atoms with van der Waals surface area (Å²) in [6.07, 6.45) is 2.45. The molecule has 3 nitrogen and oxygen atoms in total. The van der Waals surface area contributed by atoms with Gasteiger partial charge in [0.1, 0.15) is 0 Å². The van der Waals surface area contributed by atoms with Gasteiger partial charge in [-0.1, -0.05) is 0 Å². The number of hydrogen-bond donors (Lipinski definition) is 1. The number of nitrogen functional groups attached to an aromatic ring is 1. The van der Waals surface area contributed by atoms with Crippen LogP contribution in [-0.2, 0) is 0 Å². The Balaban J connectivity index is 2.35. The lowest BCUT2D eigenvalue weighted by Crippen LogP contribution is -2.26. The number of benzene rings is 1. The Hall–Kier alpha value is -1.51. The second kappa shape index (κ2) is 4.16. The Labute approximate surface area is 96.2 Å². The van der Waals surface area contributed by atoms with E-state index in [1.807, 2.05) is 18.2 Å². The van der Waals surface area contributed by atoms with Crippen LogP contribution in [0.4, 0.5) is 11.4 Å². The van der Waals surface area contributed by atoms with Crippen LogP contribution in [0.2, 0.25) is 0 Å². The van der Waals surface area contributed by atoms with Crippen molar-refractivity contribution in [3.63, 3.8) is 0 Å². The fourth-order valence-corrected chi connectivity index (χ4v) is 2.34. The van der Waals surface area contributed by atoms with Crippen LogP contribution in [0.25, 0.3) is 0 Å². The smallest absolute Gasteiger partial charge is 0.161 e. The monoisotopic (exact) mass is 218 g/mol. The number of hydrogen-bond acceptors (Lipinski definition) is 3. The zero-order chi connectivity index (χ0) is 11.7. The molecule has 0 radical (unpaired) electrons. The molecule has 1 aromatic carbocycles. The number of carbonyl (C=O) groups is 1. The summed E-state index contributed by atoms with van der Waals surface area (Å²) in [6, 6.07) is 6.31. The molecule has 3 heteroatoms. The van der Waals surface area contributed by atoms with Crippen molar-refractivity contribution in [2.75, 3.05) is 17.2 Å². The van der Waals surface area contributed by atoms with E-state index in [1.54, 1.807) is 6.92 Å². The van der Waals surface area contributed by atoms with Gasteiger partial charge in [0.25, 0.3) is 0 Å². The van der Waals surface area contributed by atoms with E-state index in [9.17, 15) is 4.79 Å². The quantitative estimate of drug-likeness (QED) is 0.612. The highest BCUT2D eigenvalue weighted by molar-refractivity contribution is 6.00. The Morgan fingerprint density at radius 1 is 1.50 bits per heavy atom. The highest BCUT2D eigenvalue weighted by atomic mass is 16.1. The van der Waals surface area contributed by atoms with E-state index in [2.05, 4.69) is 11.8 Å². The Morgan fingerprint density at radius 2 is 2.25 bits per heavy atom. The summed E-state index contributed by atoms with van der Waals surface area (Å²) in [5, 5.41) is 0. The van der Waals surface area contributed by atoms with E-state index < -0.39 is 0 Å². The molecule has 16 heavy (non-hydrogen) atoms. The molecule has 0 saturated carbocycles. The van der Waals surface area contributed by atoms with Crippen molar-refractivity contribution in [2.24, 2.45) is 0 Å². The van der Waals surface area contributed by atoms with Crippen LogP contribution in [-0.4, -0.2) is 18.4 Å². The molecule has 0 aromatic heterocycles. The summed E-state index contributed by atoms with van der Waals surface area (Å²) >= 11 is 0. The maximum absolute atomic E-state index is 11.4. The number of rotatable bonds is 2. The van der Waals surface area contributed by atoms with Gasteiger partial charge in [-0.2, -0.15) is 0 Å². The number of anilines is 2. The van der Waals surface area contributed by atoms with E-state index in [1.165, 1.54) is 12.8 Å². The first-order valence-corrected chi connectivity index (χ1v) is 5.76. The molecule has 2 rings (SSSR count). The maximum atomic E-state index is 11.4. The molecule has 0 amide bonds. The zero-order valence-corrected chi connectivity index (χ0v) is 9.86. The van der Waals surface area contributed by atoms with Crippen molar-refractivity contribution in [1.29, 1.82) is 0 Å². The van der Waals surface area contributed by atoms with Gasteiger partial charge in [-0.15, -0.1) is 0 Å². The molecule has 1 atom stereocenters. The lowest BCUT2D eigenvalue weighted by atomic mass is 10.1. The Morgan fingerprint density at radius 3 is 2.81 bits per heavy atom. The summed E-state index contributed by atoms with van der Waals surface area (Å²) in [4.78, 5) is 13.8. The number of nitrogens with zero attached hydrogens (tertiary/aromatic N) is 1. The summed E-state index contributed by atoms with van der Waals surface area (Å²) in [5.74, 6) is 0.0335. The van der Waals surface area contributed by atoms with Gasteiger partial charge in [-0.05, 0) is 44.9 Å². The van der Waals surface area contributed by atoms with Gasteiger partial charge < -0.3 is 10.6 Å². The molecule has 0 bridgehead atoms. The summed E-state index contributed by atoms with van der Waals surface area (Å²) in [5.41, 5.74) is 8.11. The van der Waals surface area contributed by atoms with Crippen LogP contribution >= 0.6 is 0 Å². The highest BCUT2D eigenvalue weighted by Crippen LogP contribution is 2.28. The fourth-order valence-electron chi connectivity index (χ4n) is 2.34. The molecular formula is C13H18N2O. The van der Waals surface area contributed by atoms with Gasteiger partial charge in [-0.25, -0.2) is 0 Å². The standard InChI is InChI=1S/C13H18N2O/c1-9-4-3-7-15(9)11-5-6-13(14)12(8-11)10(2)16/h5-6,8-9H,3-4,7,14H2,1-2H3. The zero-order valence-electron chi connectivity index (χ0n) is 9.86. The van der Waals surface area contributed by atoms with E-state index in [-0.39, 0.29) is 5.78 Å². The predicted molar refractivity (Wildman–Crippen MR) is 66.9 cm³/mol. The fraction of sp³-hybridized carbons (Fsp3) is 0.462. The van der Waals surface area contributed by atoms with Crippen LogP contribution < -0.4 is 10.6 Å². The molecule has 1 aliphatic rings. The minimum atomic E-state index is 0.0335. The lowest BCUT2D eigenvalue weighted by molar-refractivity contribution is 0.101. The average Bonchev–Trinajstić information content (AvgIpc) is 2.65. The van der Waals surface area contributed by atoms with Gasteiger partial charge in [0.15, 0.2) is 5.78 Å². The van der Waals surface area contributed by atoms with Crippen molar-refractivity contribution < 1.29 is 4.79 Å². The number of nitrogens with two attached hydrogens (primary N) is 1. The first kappa shape index (κ1) is 11.0. The van der Waals surface area contributed by atoms with E-state index in [4.69, 9.17) is 5.73 Å². The molecule has 86 valence electrons. The Kier molecular flexibility index (Phi) is 2.86. The second-order valence-electron chi connectivity index (χ2n) is 4.51.